The van der Waals surface area contributed by atoms with Crippen LogP contribution in [0.15, 0.2) is 29.3 Å². The predicted octanol–water partition coefficient (Wildman–Crippen LogP) is 2.25. The SMILES string of the molecule is CN=C(NCCCOC)NCC(c1ccc(F)cc1)N(C)C.I. The molecule has 0 radical (unpaired) electrons. The van der Waals surface area contributed by atoms with Crippen LogP contribution in [0.25, 0.3) is 0 Å². The Morgan fingerprint density at radius 3 is 2.43 bits per heavy atom. The van der Waals surface area contributed by atoms with Crippen LogP contribution < -0.4 is 10.6 Å². The van der Waals surface area contributed by atoms with E-state index in [9.17, 15) is 4.39 Å². The van der Waals surface area contributed by atoms with Gasteiger partial charge < -0.3 is 20.3 Å². The average molecular weight is 438 g/mol. The molecule has 0 aromatic heterocycles. The fraction of sp³-hybridized carbons (Fsp3) is 0.562. The zero-order valence-electron chi connectivity index (χ0n) is 14.3. The van der Waals surface area contributed by atoms with Crippen LogP contribution in [0.5, 0.6) is 0 Å². The highest BCUT2D eigenvalue weighted by molar-refractivity contribution is 14.0. The van der Waals surface area contributed by atoms with Crippen molar-refractivity contribution in [2.75, 3.05) is 47.9 Å². The van der Waals surface area contributed by atoms with Crippen LogP contribution in [0, 0.1) is 5.82 Å². The van der Waals surface area contributed by atoms with Gasteiger partial charge in [0.2, 0.25) is 0 Å². The number of halogens is 2. The number of likely N-dealkylation sites (N-methyl/N-ethyl adjacent to an activating group) is 1. The molecule has 1 aromatic rings. The molecule has 7 heteroatoms. The van der Waals surface area contributed by atoms with Gasteiger partial charge in [-0.3, -0.25) is 4.99 Å². The van der Waals surface area contributed by atoms with Crippen molar-refractivity contribution in [1.29, 1.82) is 0 Å². The van der Waals surface area contributed by atoms with Crippen LogP contribution in [0.1, 0.15) is 18.0 Å². The fourth-order valence-electron chi connectivity index (χ4n) is 2.12. The lowest BCUT2D eigenvalue weighted by atomic mass is 10.1. The first-order valence-corrected chi connectivity index (χ1v) is 7.43. The Balaban J connectivity index is 0.00000484. The van der Waals surface area contributed by atoms with Crippen molar-refractivity contribution in [2.24, 2.45) is 4.99 Å². The maximum absolute atomic E-state index is 13.1. The minimum absolute atomic E-state index is 0. The van der Waals surface area contributed by atoms with Crippen LogP contribution >= 0.6 is 24.0 Å². The lowest BCUT2D eigenvalue weighted by Crippen LogP contribution is -2.42. The lowest BCUT2D eigenvalue weighted by molar-refractivity contribution is 0.195. The third-order valence-electron chi connectivity index (χ3n) is 3.38. The molecule has 0 heterocycles. The van der Waals surface area contributed by atoms with Crippen molar-refractivity contribution in [2.45, 2.75) is 12.5 Å². The highest BCUT2D eigenvalue weighted by Crippen LogP contribution is 2.17. The molecule has 5 nitrogen and oxygen atoms in total. The number of nitrogens with zero attached hydrogens (tertiary/aromatic N) is 2. The average Bonchev–Trinajstić information content (AvgIpc) is 2.51. The largest absolute Gasteiger partial charge is 0.385 e. The van der Waals surface area contributed by atoms with Gasteiger partial charge in [0.05, 0.1) is 6.04 Å². The zero-order chi connectivity index (χ0) is 16.4. The fourth-order valence-corrected chi connectivity index (χ4v) is 2.12. The number of ether oxygens (including phenoxy) is 1. The number of hydrogen-bond donors (Lipinski definition) is 2. The Labute approximate surface area is 155 Å². The van der Waals surface area contributed by atoms with E-state index in [0.29, 0.717) is 6.54 Å². The third kappa shape index (κ3) is 8.47. The van der Waals surface area contributed by atoms with E-state index in [-0.39, 0.29) is 35.8 Å². The van der Waals surface area contributed by atoms with Gasteiger partial charge in [-0.1, -0.05) is 12.1 Å². The summed E-state index contributed by atoms with van der Waals surface area (Å²) in [4.78, 5) is 6.30. The summed E-state index contributed by atoms with van der Waals surface area (Å²) in [6, 6.07) is 6.75. The van der Waals surface area contributed by atoms with E-state index < -0.39 is 0 Å². The van der Waals surface area contributed by atoms with Crippen LogP contribution in [-0.2, 0) is 4.74 Å². The maximum atomic E-state index is 13.1. The first kappa shape index (κ1) is 22.1. The first-order chi connectivity index (χ1) is 10.6. The molecule has 0 fully saturated rings. The van der Waals surface area contributed by atoms with Gasteiger partial charge in [0.25, 0.3) is 0 Å². The Kier molecular flexibility index (Phi) is 12.0. The lowest BCUT2D eigenvalue weighted by Gasteiger charge is -2.26. The molecule has 0 bridgehead atoms. The normalized spacial score (nSPS) is 12.7. The number of hydrogen-bond acceptors (Lipinski definition) is 3. The van der Waals surface area contributed by atoms with Gasteiger partial charge in [0, 0.05) is 33.9 Å². The molecule has 0 amide bonds. The van der Waals surface area contributed by atoms with E-state index in [4.69, 9.17) is 4.74 Å². The van der Waals surface area contributed by atoms with Crippen LogP contribution in [0.3, 0.4) is 0 Å². The van der Waals surface area contributed by atoms with Gasteiger partial charge in [-0.25, -0.2) is 4.39 Å². The summed E-state index contributed by atoms with van der Waals surface area (Å²) in [6.07, 6.45) is 0.923. The van der Waals surface area contributed by atoms with E-state index in [1.807, 2.05) is 26.2 Å². The maximum Gasteiger partial charge on any atom is 0.191 e. The summed E-state index contributed by atoms with van der Waals surface area (Å²) in [6.45, 7) is 2.21. The van der Waals surface area contributed by atoms with Crippen LogP contribution in [-0.4, -0.2) is 58.8 Å². The molecular weight excluding hydrogens is 410 g/mol. The highest BCUT2D eigenvalue weighted by atomic mass is 127. The molecule has 0 aliphatic rings. The number of aliphatic imine (C=N–C) groups is 1. The van der Waals surface area contributed by atoms with Crippen molar-refractivity contribution < 1.29 is 9.13 Å². The smallest absolute Gasteiger partial charge is 0.191 e. The Bertz CT molecular complexity index is 454. The second-order valence-electron chi connectivity index (χ2n) is 5.26. The Morgan fingerprint density at radius 2 is 1.91 bits per heavy atom. The number of methoxy groups -OCH3 is 1. The molecule has 0 saturated heterocycles. The van der Waals surface area contributed by atoms with Crippen molar-refractivity contribution >= 4 is 29.9 Å². The molecule has 1 rings (SSSR count). The molecule has 23 heavy (non-hydrogen) atoms. The molecule has 1 aromatic carbocycles. The molecule has 0 aliphatic carbocycles. The summed E-state index contributed by atoms with van der Waals surface area (Å²) in [5.74, 6) is 0.537. The van der Waals surface area contributed by atoms with Crippen molar-refractivity contribution in [3.63, 3.8) is 0 Å². The van der Waals surface area contributed by atoms with Gasteiger partial charge in [-0.05, 0) is 38.2 Å². The number of guanidine groups is 1. The molecule has 0 saturated carbocycles. The number of nitrogens with one attached hydrogen (secondary N) is 2. The van der Waals surface area contributed by atoms with E-state index in [1.54, 1.807) is 14.2 Å². The Morgan fingerprint density at radius 1 is 1.26 bits per heavy atom. The summed E-state index contributed by atoms with van der Waals surface area (Å²) >= 11 is 0. The topological polar surface area (TPSA) is 48.9 Å². The number of rotatable bonds is 8. The summed E-state index contributed by atoms with van der Waals surface area (Å²) < 4.78 is 18.1. The predicted molar refractivity (Wildman–Crippen MR) is 104 cm³/mol. The third-order valence-corrected chi connectivity index (χ3v) is 3.38. The van der Waals surface area contributed by atoms with E-state index in [0.717, 1.165) is 31.1 Å². The minimum atomic E-state index is -0.218. The van der Waals surface area contributed by atoms with E-state index >= 15 is 0 Å². The summed E-state index contributed by atoms with van der Waals surface area (Å²) in [7, 11) is 7.45. The van der Waals surface area contributed by atoms with Crippen LogP contribution in [0.4, 0.5) is 4.39 Å². The minimum Gasteiger partial charge on any atom is -0.385 e. The monoisotopic (exact) mass is 438 g/mol. The molecule has 1 atom stereocenters. The number of benzene rings is 1. The second-order valence-corrected chi connectivity index (χ2v) is 5.26. The molecular formula is C16H28FIN4O. The van der Waals surface area contributed by atoms with Gasteiger partial charge in [0.15, 0.2) is 5.96 Å². The van der Waals surface area contributed by atoms with Gasteiger partial charge >= 0.3 is 0 Å². The molecule has 2 N–H and O–H groups in total. The quantitative estimate of drug-likeness (QED) is 0.283. The molecule has 132 valence electrons. The first-order valence-electron chi connectivity index (χ1n) is 7.43. The highest BCUT2D eigenvalue weighted by Gasteiger charge is 2.14. The van der Waals surface area contributed by atoms with Crippen molar-refractivity contribution in [3.05, 3.63) is 35.6 Å². The van der Waals surface area contributed by atoms with Gasteiger partial charge in [0.1, 0.15) is 5.82 Å². The summed E-state index contributed by atoms with van der Waals surface area (Å²) in [5, 5.41) is 6.54. The standard InChI is InChI=1S/C16H27FN4O.HI/c1-18-16(19-10-5-11-22-4)20-12-15(21(2)3)13-6-8-14(17)9-7-13;/h6-9,15H,5,10-12H2,1-4H3,(H2,18,19,20);1H. The zero-order valence-corrected chi connectivity index (χ0v) is 16.6. The van der Waals surface area contributed by atoms with Crippen LogP contribution in [0.2, 0.25) is 0 Å². The van der Waals surface area contributed by atoms with E-state index in [2.05, 4.69) is 20.5 Å². The molecule has 1 unspecified atom stereocenters. The van der Waals surface area contributed by atoms with Crippen molar-refractivity contribution in [1.82, 2.24) is 15.5 Å². The summed E-state index contributed by atoms with van der Waals surface area (Å²) in [5.41, 5.74) is 1.06. The molecule has 0 aliphatic heterocycles. The Hall–Kier alpha value is -0.930. The van der Waals surface area contributed by atoms with Gasteiger partial charge in [-0.15, -0.1) is 24.0 Å². The molecule has 0 spiro atoms. The van der Waals surface area contributed by atoms with Crippen molar-refractivity contribution in [3.8, 4) is 0 Å². The second kappa shape index (κ2) is 12.5. The van der Waals surface area contributed by atoms with Gasteiger partial charge in [-0.2, -0.15) is 0 Å². The van der Waals surface area contributed by atoms with E-state index in [1.165, 1.54) is 12.1 Å².